The van der Waals surface area contributed by atoms with Gasteiger partial charge >= 0.3 is 11.9 Å². The van der Waals surface area contributed by atoms with Gasteiger partial charge in [-0.3, -0.25) is 9.59 Å². The summed E-state index contributed by atoms with van der Waals surface area (Å²) in [6, 6.07) is 0. The molecule has 0 aromatic carbocycles. The van der Waals surface area contributed by atoms with Gasteiger partial charge < -0.3 is 19.7 Å². The van der Waals surface area contributed by atoms with E-state index in [4.69, 9.17) is 4.74 Å². The molecule has 0 bridgehead atoms. The van der Waals surface area contributed by atoms with Crippen molar-refractivity contribution in [2.45, 2.75) is 91.0 Å². The molecular weight excluding hydrogens is 376 g/mol. The van der Waals surface area contributed by atoms with Crippen LogP contribution in [0.5, 0.6) is 0 Å². The molecule has 166 valence electrons. The van der Waals surface area contributed by atoms with E-state index in [1.54, 1.807) is 0 Å². The fourth-order valence-corrected chi connectivity index (χ4v) is 3.22. The van der Waals surface area contributed by atoms with Crippen molar-refractivity contribution in [1.29, 1.82) is 0 Å². The lowest BCUT2D eigenvalue weighted by atomic mass is 9.94. The first-order valence-corrected chi connectivity index (χ1v) is 10.5. The average Bonchev–Trinajstić information content (AvgIpc) is 2.91. The Morgan fingerprint density at radius 3 is 2.41 bits per heavy atom. The summed E-state index contributed by atoms with van der Waals surface area (Å²) in [4.78, 5) is 34.5. The SMILES string of the molecule is CC(=CCC(=O)OCC(O)C1OC(=O)C(O)C1=O)CCCC(C)CCCC(C)C. The Hall–Kier alpha value is -1.73. The van der Waals surface area contributed by atoms with Crippen molar-refractivity contribution in [1.82, 2.24) is 0 Å². The van der Waals surface area contributed by atoms with Gasteiger partial charge in [-0.15, -0.1) is 0 Å². The largest absolute Gasteiger partial charge is 0.463 e. The molecule has 7 nitrogen and oxygen atoms in total. The van der Waals surface area contributed by atoms with Crippen molar-refractivity contribution in [3.8, 4) is 0 Å². The molecule has 1 aliphatic rings. The summed E-state index contributed by atoms with van der Waals surface area (Å²) < 4.78 is 9.52. The van der Waals surface area contributed by atoms with E-state index in [9.17, 15) is 24.6 Å². The van der Waals surface area contributed by atoms with Gasteiger partial charge in [-0.05, 0) is 31.6 Å². The highest BCUT2D eigenvalue weighted by molar-refractivity contribution is 6.09. The molecule has 29 heavy (non-hydrogen) atoms. The van der Waals surface area contributed by atoms with Crippen molar-refractivity contribution >= 4 is 17.7 Å². The number of allylic oxidation sites excluding steroid dienone is 1. The number of aliphatic hydroxyl groups excluding tert-OH is 2. The number of esters is 2. The molecular formula is C22H36O7. The summed E-state index contributed by atoms with van der Waals surface area (Å²) in [6.45, 7) is 8.28. The quantitative estimate of drug-likeness (QED) is 0.272. The third-order valence-corrected chi connectivity index (χ3v) is 5.14. The molecule has 7 heteroatoms. The van der Waals surface area contributed by atoms with Crippen LogP contribution in [0.2, 0.25) is 0 Å². The zero-order valence-electron chi connectivity index (χ0n) is 18.1. The molecule has 1 fully saturated rings. The molecule has 2 N–H and O–H groups in total. The minimum atomic E-state index is -1.88. The van der Waals surface area contributed by atoms with Crippen LogP contribution in [-0.4, -0.2) is 52.9 Å². The highest BCUT2D eigenvalue weighted by Gasteiger charge is 2.46. The summed E-state index contributed by atoms with van der Waals surface area (Å²) >= 11 is 0. The first-order chi connectivity index (χ1) is 13.6. The van der Waals surface area contributed by atoms with Crippen LogP contribution >= 0.6 is 0 Å². The Morgan fingerprint density at radius 1 is 1.17 bits per heavy atom. The number of carbonyl (C=O) groups is 3. The standard InChI is InChI=1S/C22H36O7/c1-14(2)7-5-8-15(3)9-6-10-16(4)11-12-18(24)28-13-17(23)21-19(25)20(26)22(27)29-21/h11,14-15,17,20-21,23,26H,5-10,12-13H2,1-4H3. The monoisotopic (exact) mass is 412 g/mol. The number of ether oxygens (including phenoxy) is 2. The van der Waals surface area contributed by atoms with E-state index in [-0.39, 0.29) is 6.42 Å². The Morgan fingerprint density at radius 2 is 1.83 bits per heavy atom. The number of carbonyl (C=O) groups excluding carboxylic acids is 3. The normalized spacial score (nSPS) is 22.0. The van der Waals surface area contributed by atoms with Gasteiger partial charge in [0.1, 0.15) is 12.7 Å². The van der Waals surface area contributed by atoms with E-state index in [2.05, 4.69) is 25.5 Å². The third kappa shape index (κ3) is 9.54. The summed E-state index contributed by atoms with van der Waals surface area (Å²) in [5.74, 6) is -1.10. The van der Waals surface area contributed by atoms with Gasteiger partial charge in [0.2, 0.25) is 11.9 Å². The van der Waals surface area contributed by atoms with Crippen molar-refractivity contribution in [2.24, 2.45) is 11.8 Å². The van der Waals surface area contributed by atoms with Gasteiger partial charge in [0.25, 0.3) is 0 Å². The van der Waals surface area contributed by atoms with E-state index < -0.39 is 42.6 Å². The van der Waals surface area contributed by atoms with Crippen molar-refractivity contribution in [3.63, 3.8) is 0 Å². The maximum Gasteiger partial charge on any atom is 0.343 e. The van der Waals surface area contributed by atoms with Crippen LogP contribution in [0, 0.1) is 11.8 Å². The topological polar surface area (TPSA) is 110 Å². The van der Waals surface area contributed by atoms with Crippen LogP contribution in [-0.2, 0) is 23.9 Å². The fraction of sp³-hybridized carbons (Fsp3) is 0.773. The van der Waals surface area contributed by atoms with Gasteiger partial charge in [-0.1, -0.05) is 58.1 Å². The molecule has 0 aromatic heterocycles. The zero-order chi connectivity index (χ0) is 22.0. The molecule has 4 atom stereocenters. The average molecular weight is 413 g/mol. The number of rotatable bonds is 13. The number of cyclic esters (lactones) is 1. The Kier molecular flexibility index (Phi) is 11.1. The highest BCUT2D eigenvalue weighted by Crippen LogP contribution is 2.19. The number of hydrogen-bond donors (Lipinski definition) is 2. The van der Waals surface area contributed by atoms with E-state index in [1.807, 2.05) is 13.0 Å². The molecule has 0 aromatic rings. The zero-order valence-corrected chi connectivity index (χ0v) is 18.1. The first-order valence-electron chi connectivity index (χ1n) is 10.5. The maximum atomic E-state index is 11.8. The lowest BCUT2D eigenvalue weighted by Gasteiger charge is -2.15. The summed E-state index contributed by atoms with van der Waals surface area (Å²) in [5, 5.41) is 19.1. The van der Waals surface area contributed by atoms with Crippen molar-refractivity contribution in [2.75, 3.05) is 6.61 Å². The lowest BCUT2D eigenvalue weighted by molar-refractivity contribution is -0.156. The first kappa shape index (κ1) is 25.3. The second-order valence-corrected chi connectivity index (χ2v) is 8.49. The van der Waals surface area contributed by atoms with Gasteiger partial charge in [0, 0.05) is 0 Å². The van der Waals surface area contributed by atoms with Gasteiger partial charge in [0.05, 0.1) is 6.42 Å². The van der Waals surface area contributed by atoms with E-state index in [1.165, 1.54) is 25.7 Å². The molecule has 1 aliphatic heterocycles. The maximum absolute atomic E-state index is 11.8. The van der Waals surface area contributed by atoms with Crippen molar-refractivity contribution in [3.05, 3.63) is 11.6 Å². The van der Waals surface area contributed by atoms with Crippen LogP contribution in [0.25, 0.3) is 0 Å². The molecule has 1 rings (SSSR count). The summed E-state index contributed by atoms with van der Waals surface area (Å²) in [7, 11) is 0. The molecule has 1 heterocycles. The van der Waals surface area contributed by atoms with Gasteiger partial charge in [-0.25, -0.2) is 4.79 Å². The minimum absolute atomic E-state index is 0.0729. The number of Topliss-reactive ketones (excluding diaryl/α,β-unsaturated/α-hetero) is 1. The molecule has 4 unspecified atom stereocenters. The second kappa shape index (κ2) is 12.8. The van der Waals surface area contributed by atoms with Crippen LogP contribution < -0.4 is 0 Å². The fourth-order valence-electron chi connectivity index (χ4n) is 3.22. The predicted octanol–water partition coefficient (Wildman–Crippen LogP) is 2.71. The second-order valence-electron chi connectivity index (χ2n) is 8.49. The van der Waals surface area contributed by atoms with Gasteiger partial charge in [0.15, 0.2) is 6.10 Å². The number of aliphatic hydroxyl groups is 2. The smallest absolute Gasteiger partial charge is 0.343 e. The van der Waals surface area contributed by atoms with Crippen molar-refractivity contribution < 1.29 is 34.1 Å². The van der Waals surface area contributed by atoms with E-state index in [0.717, 1.165) is 24.3 Å². The third-order valence-electron chi connectivity index (χ3n) is 5.14. The lowest BCUT2D eigenvalue weighted by Crippen LogP contribution is -2.38. The Bertz CT molecular complexity index is 582. The van der Waals surface area contributed by atoms with E-state index in [0.29, 0.717) is 5.92 Å². The molecule has 0 saturated carbocycles. The number of ketones is 1. The van der Waals surface area contributed by atoms with Crippen LogP contribution in [0.1, 0.15) is 72.6 Å². The van der Waals surface area contributed by atoms with Crippen LogP contribution in [0.4, 0.5) is 0 Å². The molecule has 0 aliphatic carbocycles. The van der Waals surface area contributed by atoms with E-state index >= 15 is 0 Å². The summed E-state index contributed by atoms with van der Waals surface area (Å²) in [5.41, 5.74) is 1.11. The van der Waals surface area contributed by atoms with Crippen LogP contribution in [0.15, 0.2) is 11.6 Å². The molecule has 0 spiro atoms. The Balaban J connectivity index is 2.21. The van der Waals surface area contributed by atoms with Crippen LogP contribution in [0.3, 0.4) is 0 Å². The molecule has 1 saturated heterocycles. The molecule has 0 radical (unpaired) electrons. The summed E-state index contributed by atoms with van der Waals surface area (Å²) in [6.07, 6.45) is 3.99. The number of hydrogen-bond acceptors (Lipinski definition) is 7. The van der Waals surface area contributed by atoms with Gasteiger partial charge in [-0.2, -0.15) is 0 Å². The molecule has 0 amide bonds. The highest BCUT2D eigenvalue weighted by atomic mass is 16.6. The minimum Gasteiger partial charge on any atom is -0.463 e. The Labute approximate surface area is 173 Å². The predicted molar refractivity (Wildman–Crippen MR) is 108 cm³/mol.